The van der Waals surface area contributed by atoms with E-state index in [-0.39, 0.29) is 38.3 Å². The Morgan fingerprint density at radius 2 is 1.55 bits per heavy atom. The molecule has 1 unspecified atom stereocenters. The van der Waals surface area contributed by atoms with E-state index in [2.05, 4.69) is 0 Å². The van der Waals surface area contributed by atoms with E-state index in [4.69, 9.17) is 0 Å². The first-order valence-corrected chi connectivity index (χ1v) is 10.9. The highest BCUT2D eigenvalue weighted by molar-refractivity contribution is 7.89. The summed E-state index contributed by atoms with van der Waals surface area (Å²) in [5, 5.41) is 0. The number of imide groups is 1. The summed E-state index contributed by atoms with van der Waals surface area (Å²) in [6, 6.07) is 6.77. The molecule has 0 aliphatic carbocycles. The minimum atomic E-state index is -4.04. The highest BCUT2D eigenvalue weighted by Gasteiger charge is 2.45. The van der Waals surface area contributed by atoms with Gasteiger partial charge in [0.2, 0.25) is 15.9 Å². The van der Waals surface area contributed by atoms with Crippen molar-refractivity contribution in [2.75, 3.05) is 31.1 Å². The molecule has 31 heavy (non-hydrogen) atoms. The van der Waals surface area contributed by atoms with Gasteiger partial charge in [0.05, 0.1) is 18.2 Å². The van der Waals surface area contributed by atoms with Crippen LogP contribution in [0.3, 0.4) is 0 Å². The minimum absolute atomic E-state index is 0.000449. The Bertz CT molecular complexity index is 1150. The lowest BCUT2D eigenvalue weighted by Crippen LogP contribution is -2.53. The molecule has 4 rings (SSSR count). The molecule has 7 nitrogen and oxygen atoms in total. The third-order valence-corrected chi connectivity index (χ3v) is 7.37. The molecule has 2 amide bonds. The molecular weight excluding hydrogens is 435 g/mol. The number of carbonyl (C=O) groups excluding carboxylic acids is 2. The van der Waals surface area contributed by atoms with Crippen molar-refractivity contribution in [2.45, 2.75) is 17.4 Å². The van der Waals surface area contributed by atoms with Crippen LogP contribution >= 0.6 is 0 Å². The molecule has 164 valence electrons. The van der Waals surface area contributed by atoms with Gasteiger partial charge in [-0.25, -0.2) is 26.5 Å². The Morgan fingerprint density at radius 1 is 0.871 bits per heavy atom. The van der Waals surface area contributed by atoms with Gasteiger partial charge in [0.25, 0.3) is 5.91 Å². The van der Waals surface area contributed by atoms with Gasteiger partial charge >= 0.3 is 0 Å². The summed E-state index contributed by atoms with van der Waals surface area (Å²) >= 11 is 0. The molecule has 0 N–H and O–H groups in total. The molecule has 0 aromatic heterocycles. The fourth-order valence-electron chi connectivity index (χ4n) is 3.87. The zero-order valence-corrected chi connectivity index (χ0v) is 17.0. The second-order valence-electron chi connectivity index (χ2n) is 7.25. The molecule has 0 spiro atoms. The molecule has 2 aromatic carbocycles. The lowest BCUT2D eigenvalue weighted by molar-refractivity contribution is -0.123. The van der Waals surface area contributed by atoms with Gasteiger partial charge in [-0.05, 0) is 24.3 Å². The van der Waals surface area contributed by atoms with Crippen LogP contribution in [0.2, 0.25) is 0 Å². The van der Waals surface area contributed by atoms with Crippen LogP contribution in [0.4, 0.5) is 18.9 Å². The number of hydrogen-bond donors (Lipinski definition) is 0. The van der Waals surface area contributed by atoms with Crippen molar-refractivity contribution in [3.63, 3.8) is 0 Å². The van der Waals surface area contributed by atoms with E-state index in [0.29, 0.717) is 11.0 Å². The lowest BCUT2D eigenvalue weighted by Gasteiger charge is -2.36. The largest absolute Gasteiger partial charge is 0.289 e. The third kappa shape index (κ3) is 3.84. The van der Waals surface area contributed by atoms with Gasteiger partial charge in [-0.15, -0.1) is 0 Å². The number of nitrogens with zero attached hydrogens (tertiary/aromatic N) is 3. The van der Waals surface area contributed by atoms with Gasteiger partial charge in [-0.2, -0.15) is 4.31 Å². The molecule has 2 aliphatic heterocycles. The Balaban J connectivity index is 1.48. The number of benzene rings is 2. The predicted octanol–water partition coefficient (Wildman–Crippen LogP) is 1.74. The average Bonchev–Trinajstić information content (AvgIpc) is 3.02. The number of anilines is 1. The summed E-state index contributed by atoms with van der Waals surface area (Å²) in [6.45, 7) is 0.271. The van der Waals surface area contributed by atoms with Gasteiger partial charge in [0.15, 0.2) is 0 Å². The van der Waals surface area contributed by atoms with Crippen molar-refractivity contribution < 1.29 is 31.2 Å². The lowest BCUT2D eigenvalue weighted by atomic mass is 10.2. The molecule has 2 fully saturated rings. The van der Waals surface area contributed by atoms with E-state index in [1.54, 1.807) is 4.90 Å². The van der Waals surface area contributed by atoms with Crippen molar-refractivity contribution in [3.05, 3.63) is 59.9 Å². The monoisotopic (exact) mass is 453 g/mol. The number of rotatable bonds is 4. The van der Waals surface area contributed by atoms with E-state index in [9.17, 15) is 31.2 Å². The van der Waals surface area contributed by atoms with Crippen LogP contribution in [-0.2, 0) is 19.6 Å². The Kier molecular flexibility index (Phi) is 5.58. The number of carbonyl (C=O) groups is 2. The van der Waals surface area contributed by atoms with E-state index in [1.165, 1.54) is 18.2 Å². The van der Waals surface area contributed by atoms with Crippen molar-refractivity contribution in [3.8, 4) is 0 Å². The second-order valence-corrected chi connectivity index (χ2v) is 9.16. The molecule has 2 aromatic rings. The van der Waals surface area contributed by atoms with Crippen LogP contribution in [0, 0.1) is 17.5 Å². The molecule has 2 saturated heterocycles. The van der Waals surface area contributed by atoms with Crippen LogP contribution in [0.1, 0.15) is 6.42 Å². The SMILES string of the molecule is O=C1CC(N2CCN(S(=O)(=O)c3ccccc3F)CC2)C(=O)N1c1ccc(F)cc1F. The van der Waals surface area contributed by atoms with Crippen LogP contribution in [0.25, 0.3) is 0 Å². The Morgan fingerprint density at radius 3 is 2.19 bits per heavy atom. The number of hydrogen-bond acceptors (Lipinski definition) is 5. The smallest absolute Gasteiger partial charge is 0.251 e. The van der Waals surface area contributed by atoms with Gasteiger partial charge in [-0.3, -0.25) is 14.5 Å². The number of sulfonamides is 1. The highest BCUT2D eigenvalue weighted by atomic mass is 32.2. The van der Waals surface area contributed by atoms with Crippen LogP contribution < -0.4 is 4.90 Å². The molecule has 0 bridgehead atoms. The fraction of sp³-hybridized carbons (Fsp3) is 0.300. The number of halogens is 3. The Labute approximate surface area is 176 Å². The number of amides is 2. The van der Waals surface area contributed by atoms with Crippen LogP contribution in [0.5, 0.6) is 0 Å². The standard InChI is InChI=1S/C20H18F3N3O4S/c21-13-5-6-16(15(23)11-13)26-19(27)12-17(20(26)28)24-7-9-25(10-8-24)31(29,30)18-4-2-1-3-14(18)22/h1-6,11,17H,7-10,12H2. The van der Waals surface area contributed by atoms with E-state index in [1.807, 2.05) is 0 Å². The van der Waals surface area contributed by atoms with Gasteiger partial charge in [-0.1, -0.05) is 12.1 Å². The molecule has 11 heteroatoms. The molecule has 2 aliphatic rings. The zero-order chi connectivity index (χ0) is 22.3. The molecule has 1 atom stereocenters. The van der Waals surface area contributed by atoms with Crippen molar-refractivity contribution >= 4 is 27.5 Å². The summed E-state index contributed by atoms with van der Waals surface area (Å²) in [5.74, 6) is -3.98. The van der Waals surface area contributed by atoms with E-state index >= 15 is 0 Å². The maximum atomic E-state index is 14.1. The summed E-state index contributed by atoms with van der Waals surface area (Å²) in [6.07, 6.45) is -0.199. The summed E-state index contributed by atoms with van der Waals surface area (Å²) in [4.78, 5) is 27.1. The minimum Gasteiger partial charge on any atom is -0.289 e. The molecular formula is C20H18F3N3O4S. The topological polar surface area (TPSA) is 78.0 Å². The van der Waals surface area contributed by atoms with E-state index in [0.717, 1.165) is 22.5 Å². The first-order valence-electron chi connectivity index (χ1n) is 9.51. The van der Waals surface area contributed by atoms with Crippen molar-refractivity contribution in [2.24, 2.45) is 0 Å². The van der Waals surface area contributed by atoms with Crippen LogP contribution in [-0.4, -0.2) is 61.7 Å². The first-order chi connectivity index (χ1) is 14.7. The Hall–Kier alpha value is -2.76. The predicted molar refractivity (Wildman–Crippen MR) is 104 cm³/mol. The zero-order valence-electron chi connectivity index (χ0n) is 16.2. The molecule has 0 radical (unpaired) electrons. The normalized spacial score (nSPS) is 21.1. The van der Waals surface area contributed by atoms with E-state index < -0.39 is 50.2 Å². The maximum Gasteiger partial charge on any atom is 0.251 e. The molecule has 2 heterocycles. The maximum absolute atomic E-state index is 14.1. The third-order valence-electron chi connectivity index (χ3n) is 5.44. The van der Waals surface area contributed by atoms with Crippen molar-refractivity contribution in [1.82, 2.24) is 9.21 Å². The molecule has 0 saturated carbocycles. The van der Waals surface area contributed by atoms with Crippen LogP contribution in [0.15, 0.2) is 47.4 Å². The average molecular weight is 453 g/mol. The van der Waals surface area contributed by atoms with Crippen molar-refractivity contribution in [1.29, 1.82) is 0 Å². The summed E-state index contributed by atoms with van der Waals surface area (Å²) < 4.78 is 67.8. The first kappa shape index (κ1) is 21.5. The second kappa shape index (κ2) is 8.06. The highest BCUT2D eigenvalue weighted by Crippen LogP contribution is 2.29. The fourth-order valence-corrected chi connectivity index (χ4v) is 5.35. The summed E-state index contributed by atoms with van der Waals surface area (Å²) in [7, 11) is -4.04. The van der Waals surface area contributed by atoms with Gasteiger partial charge in [0.1, 0.15) is 22.3 Å². The number of piperazine rings is 1. The quantitative estimate of drug-likeness (QED) is 0.660. The van der Waals surface area contributed by atoms with Gasteiger partial charge < -0.3 is 0 Å². The van der Waals surface area contributed by atoms with Gasteiger partial charge in [0, 0.05) is 32.2 Å². The summed E-state index contributed by atoms with van der Waals surface area (Å²) in [5.41, 5.74) is -0.320.